The van der Waals surface area contributed by atoms with Crippen LogP contribution in [0.5, 0.6) is 0 Å². The Morgan fingerprint density at radius 3 is 2.62 bits per heavy atom. The number of carbonyl (C=O) groups excluding carboxylic acids is 1. The smallest absolute Gasteiger partial charge is 0.233 e. The van der Waals surface area contributed by atoms with Crippen molar-refractivity contribution < 1.29 is 9.21 Å². The largest absolute Gasteiger partial charge is 0.469 e. The van der Waals surface area contributed by atoms with E-state index in [-0.39, 0.29) is 11.2 Å². The topological polar surface area (TPSA) is 73.0 Å². The van der Waals surface area contributed by atoms with Crippen molar-refractivity contribution in [3.63, 3.8) is 0 Å². The number of hydrogen-bond acceptors (Lipinski definition) is 5. The van der Waals surface area contributed by atoms with Gasteiger partial charge in [-0.15, -0.1) is 10.2 Å². The van der Waals surface area contributed by atoms with Crippen molar-refractivity contribution in [3.05, 3.63) is 48.4 Å². The molecule has 0 aliphatic carbocycles. The Kier molecular flexibility index (Phi) is 4.71. The van der Waals surface area contributed by atoms with Crippen LogP contribution in [0.4, 0.5) is 0 Å². The van der Waals surface area contributed by atoms with Crippen molar-refractivity contribution in [2.75, 3.05) is 7.05 Å². The van der Waals surface area contributed by atoms with E-state index in [2.05, 4.69) is 15.5 Å². The normalized spacial score (nSPS) is 12.1. The van der Waals surface area contributed by atoms with Crippen LogP contribution in [0.2, 0.25) is 0 Å². The first-order valence-corrected chi connectivity index (χ1v) is 8.43. The molecule has 0 radical (unpaired) electrons. The summed E-state index contributed by atoms with van der Waals surface area (Å²) in [5.41, 5.74) is 1.82. The number of benzene rings is 1. The Labute approximate surface area is 144 Å². The van der Waals surface area contributed by atoms with Gasteiger partial charge < -0.3 is 9.73 Å². The Bertz CT molecular complexity index is 841. The summed E-state index contributed by atoms with van der Waals surface area (Å²) in [6.45, 7) is 3.73. The lowest BCUT2D eigenvalue weighted by Gasteiger charge is -2.12. The molecule has 1 aromatic carbocycles. The SMILES string of the molecule is CNC(=O)C(C)Sc1nnc(-c2ccoc2C)n1-c1ccccc1. The molecule has 0 saturated heterocycles. The standard InChI is InChI=1S/C17H18N4O2S/c1-11-14(9-10-23-11)15-19-20-17(24-12(2)16(22)18-3)21(15)13-7-5-4-6-8-13/h4-10,12H,1-3H3,(H,18,22). The van der Waals surface area contributed by atoms with Crippen molar-refractivity contribution >= 4 is 17.7 Å². The third-order valence-electron chi connectivity index (χ3n) is 3.65. The summed E-state index contributed by atoms with van der Waals surface area (Å²) in [6.07, 6.45) is 1.63. The molecule has 6 nitrogen and oxygen atoms in total. The van der Waals surface area contributed by atoms with E-state index < -0.39 is 0 Å². The zero-order chi connectivity index (χ0) is 17.1. The lowest BCUT2D eigenvalue weighted by molar-refractivity contribution is -0.119. The highest BCUT2D eigenvalue weighted by Gasteiger charge is 2.22. The van der Waals surface area contributed by atoms with Crippen LogP contribution in [0.3, 0.4) is 0 Å². The van der Waals surface area contributed by atoms with E-state index >= 15 is 0 Å². The molecule has 2 aromatic heterocycles. The van der Waals surface area contributed by atoms with Crippen molar-refractivity contribution in [2.24, 2.45) is 0 Å². The van der Waals surface area contributed by atoms with Crippen LogP contribution in [-0.4, -0.2) is 33.0 Å². The number of amides is 1. The van der Waals surface area contributed by atoms with Crippen LogP contribution in [0.1, 0.15) is 12.7 Å². The fourth-order valence-electron chi connectivity index (χ4n) is 2.36. The maximum Gasteiger partial charge on any atom is 0.233 e. The van der Waals surface area contributed by atoms with Gasteiger partial charge in [-0.1, -0.05) is 30.0 Å². The van der Waals surface area contributed by atoms with E-state index in [1.54, 1.807) is 13.3 Å². The summed E-state index contributed by atoms with van der Waals surface area (Å²) in [4.78, 5) is 11.8. The first kappa shape index (κ1) is 16.3. The lowest BCUT2D eigenvalue weighted by Crippen LogP contribution is -2.27. The summed E-state index contributed by atoms with van der Waals surface area (Å²) in [5, 5.41) is 11.7. The summed E-state index contributed by atoms with van der Waals surface area (Å²) in [6, 6.07) is 11.7. The lowest BCUT2D eigenvalue weighted by atomic mass is 10.2. The molecular formula is C17H18N4O2S. The summed E-state index contributed by atoms with van der Waals surface area (Å²) in [5.74, 6) is 1.41. The second-order valence-corrected chi connectivity index (χ2v) is 6.55. The molecule has 2 heterocycles. The maximum absolute atomic E-state index is 11.8. The van der Waals surface area contributed by atoms with Gasteiger partial charge in [-0.2, -0.15) is 0 Å². The Hall–Kier alpha value is -2.54. The molecule has 1 amide bonds. The highest BCUT2D eigenvalue weighted by molar-refractivity contribution is 8.00. The average Bonchev–Trinajstić information content (AvgIpc) is 3.20. The van der Waals surface area contributed by atoms with E-state index in [0.717, 1.165) is 17.0 Å². The highest BCUT2D eigenvalue weighted by atomic mass is 32.2. The van der Waals surface area contributed by atoms with Crippen molar-refractivity contribution in [2.45, 2.75) is 24.3 Å². The van der Waals surface area contributed by atoms with Crippen molar-refractivity contribution in [1.82, 2.24) is 20.1 Å². The molecule has 1 unspecified atom stereocenters. The number of rotatable bonds is 5. The monoisotopic (exact) mass is 342 g/mol. The van der Waals surface area contributed by atoms with Crippen LogP contribution in [-0.2, 0) is 4.79 Å². The van der Waals surface area contributed by atoms with Gasteiger partial charge in [0, 0.05) is 12.7 Å². The number of aryl methyl sites for hydroxylation is 1. The zero-order valence-corrected chi connectivity index (χ0v) is 14.5. The third-order valence-corrected chi connectivity index (χ3v) is 4.69. The molecule has 3 rings (SSSR count). The quantitative estimate of drug-likeness (QED) is 0.722. The van der Waals surface area contributed by atoms with E-state index in [1.807, 2.05) is 54.8 Å². The first-order valence-electron chi connectivity index (χ1n) is 7.55. The van der Waals surface area contributed by atoms with Gasteiger partial charge in [0.2, 0.25) is 5.91 Å². The number of furan rings is 1. The molecule has 0 bridgehead atoms. The molecule has 0 aliphatic heterocycles. The number of carbonyl (C=O) groups is 1. The molecule has 3 aromatic rings. The van der Waals surface area contributed by atoms with E-state index in [4.69, 9.17) is 4.42 Å². The van der Waals surface area contributed by atoms with Gasteiger partial charge in [-0.05, 0) is 32.0 Å². The average molecular weight is 342 g/mol. The summed E-state index contributed by atoms with van der Waals surface area (Å²) < 4.78 is 7.35. The van der Waals surface area contributed by atoms with E-state index in [1.165, 1.54) is 11.8 Å². The molecule has 1 N–H and O–H groups in total. The second kappa shape index (κ2) is 6.92. The van der Waals surface area contributed by atoms with Gasteiger partial charge >= 0.3 is 0 Å². The summed E-state index contributed by atoms with van der Waals surface area (Å²) in [7, 11) is 1.63. The number of para-hydroxylation sites is 1. The van der Waals surface area contributed by atoms with Crippen LogP contribution in [0.15, 0.2) is 52.2 Å². The van der Waals surface area contributed by atoms with Crippen LogP contribution in [0.25, 0.3) is 17.1 Å². The molecule has 0 aliphatic rings. The summed E-state index contributed by atoms with van der Waals surface area (Å²) >= 11 is 1.37. The third kappa shape index (κ3) is 3.07. The molecule has 7 heteroatoms. The Morgan fingerprint density at radius 2 is 2.00 bits per heavy atom. The minimum Gasteiger partial charge on any atom is -0.469 e. The highest BCUT2D eigenvalue weighted by Crippen LogP contribution is 2.31. The molecule has 0 fully saturated rings. The minimum absolute atomic E-state index is 0.0522. The van der Waals surface area contributed by atoms with Crippen molar-refractivity contribution in [3.8, 4) is 17.1 Å². The van der Waals surface area contributed by atoms with Gasteiger partial charge in [-0.25, -0.2) is 0 Å². The Balaban J connectivity index is 2.09. The maximum atomic E-state index is 11.8. The predicted octanol–water partition coefficient (Wildman–Crippen LogP) is 3.06. The van der Waals surface area contributed by atoms with Gasteiger partial charge in [0.15, 0.2) is 11.0 Å². The number of aromatic nitrogens is 3. The molecule has 1 atom stereocenters. The minimum atomic E-state index is -0.278. The fraction of sp³-hybridized carbons (Fsp3) is 0.235. The van der Waals surface area contributed by atoms with E-state index in [9.17, 15) is 4.79 Å². The van der Waals surface area contributed by atoms with Gasteiger partial charge in [0.1, 0.15) is 5.76 Å². The molecule has 0 spiro atoms. The molecule has 124 valence electrons. The molecular weight excluding hydrogens is 324 g/mol. The second-order valence-electron chi connectivity index (χ2n) is 5.24. The van der Waals surface area contributed by atoms with Gasteiger partial charge in [0.25, 0.3) is 0 Å². The molecule has 24 heavy (non-hydrogen) atoms. The van der Waals surface area contributed by atoms with Crippen molar-refractivity contribution in [1.29, 1.82) is 0 Å². The van der Waals surface area contributed by atoms with Crippen LogP contribution >= 0.6 is 11.8 Å². The number of nitrogens with one attached hydrogen (secondary N) is 1. The van der Waals surface area contributed by atoms with Crippen LogP contribution in [0, 0.1) is 6.92 Å². The predicted molar refractivity (Wildman–Crippen MR) is 93.2 cm³/mol. The number of hydrogen-bond donors (Lipinski definition) is 1. The van der Waals surface area contributed by atoms with Crippen LogP contribution < -0.4 is 5.32 Å². The zero-order valence-electron chi connectivity index (χ0n) is 13.7. The first-order chi connectivity index (χ1) is 11.6. The number of thioether (sulfide) groups is 1. The van der Waals surface area contributed by atoms with E-state index in [0.29, 0.717) is 11.0 Å². The van der Waals surface area contributed by atoms with Gasteiger partial charge in [0.05, 0.1) is 17.1 Å². The molecule has 0 saturated carbocycles. The fourth-order valence-corrected chi connectivity index (χ4v) is 3.29. The number of nitrogens with zero attached hydrogens (tertiary/aromatic N) is 3. The Morgan fingerprint density at radius 1 is 1.25 bits per heavy atom. The van der Waals surface area contributed by atoms with Gasteiger partial charge in [-0.3, -0.25) is 9.36 Å².